The van der Waals surface area contributed by atoms with Gasteiger partial charge in [0, 0.05) is 31.4 Å². The summed E-state index contributed by atoms with van der Waals surface area (Å²) in [5, 5.41) is 23.9. The van der Waals surface area contributed by atoms with Gasteiger partial charge < -0.3 is 24.9 Å². The van der Waals surface area contributed by atoms with Gasteiger partial charge in [0.2, 0.25) is 0 Å². The molecule has 1 fully saturated rings. The number of halogens is 1. The first-order valence-corrected chi connectivity index (χ1v) is 10.4. The fraction of sp³-hybridized carbons (Fsp3) is 0.318. The van der Waals surface area contributed by atoms with Crippen LogP contribution >= 0.6 is 0 Å². The fourth-order valence-electron chi connectivity index (χ4n) is 3.36. The van der Waals surface area contributed by atoms with E-state index >= 15 is 0 Å². The number of ether oxygens (including phenoxy) is 1. The van der Waals surface area contributed by atoms with Crippen molar-refractivity contribution in [3.8, 4) is 17.2 Å². The Labute approximate surface area is 184 Å². The van der Waals surface area contributed by atoms with Crippen molar-refractivity contribution < 1.29 is 23.4 Å². The maximum atomic E-state index is 13.8. The van der Waals surface area contributed by atoms with Gasteiger partial charge in [-0.2, -0.15) is 0 Å². The van der Waals surface area contributed by atoms with Crippen LogP contribution in [0.1, 0.15) is 16.8 Å². The normalized spacial score (nSPS) is 14.3. The number of phenols is 1. The summed E-state index contributed by atoms with van der Waals surface area (Å²) in [4.78, 5) is 14.6. The molecule has 0 radical (unpaired) electrons. The minimum atomic E-state index is -0.623. The van der Waals surface area contributed by atoms with Crippen LogP contribution in [0.15, 0.2) is 46.9 Å². The van der Waals surface area contributed by atoms with Crippen molar-refractivity contribution in [2.75, 3.05) is 50.0 Å². The van der Waals surface area contributed by atoms with E-state index in [0.717, 1.165) is 39.3 Å². The first-order valence-electron chi connectivity index (χ1n) is 10.4. The molecule has 1 saturated heterocycles. The van der Waals surface area contributed by atoms with Crippen LogP contribution in [0.25, 0.3) is 11.5 Å². The van der Waals surface area contributed by atoms with Gasteiger partial charge in [0.1, 0.15) is 11.6 Å². The van der Waals surface area contributed by atoms with Crippen molar-refractivity contribution in [1.29, 1.82) is 0 Å². The van der Waals surface area contributed by atoms with Gasteiger partial charge in [0.25, 0.3) is 11.8 Å². The number of morpholine rings is 1. The van der Waals surface area contributed by atoms with Gasteiger partial charge >= 0.3 is 6.01 Å². The molecule has 9 nitrogen and oxygen atoms in total. The van der Waals surface area contributed by atoms with Crippen LogP contribution in [0, 0.1) is 5.82 Å². The molecule has 1 aliphatic rings. The lowest BCUT2D eigenvalue weighted by Gasteiger charge is -2.26. The number of hydrogen-bond acceptors (Lipinski definition) is 8. The molecule has 4 rings (SSSR count). The van der Waals surface area contributed by atoms with Crippen LogP contribution < -0.4 is 10.6 Å². The van der Waals surface area contributed by atoms with Crippen molar-refractivity contribution in [3.05, 3.63) is 53.8 Å². The number of benzene rings is 2. The summed E-state index contributed by atoms with van der Waals surface area (Å²) in [7, 11) is 0. The molecule has 1 amide bonds. The second-order valence-electron chi connectivity index (χ2n) is 7.31. The number of aromatic nitrogens is 2. The summed E-state index contributed by atoms with van der Waals surface area (Å²) in [5.41, 5.74) is 0.542. The lowest BCUT2D eigenvalue weighted by atomic mass is 10.1. The van der Waals surface area contributed by atoms with Crippen LogP contribution in [0.3, 0.4) is 0 Å². The number of aromatic hydroxyl groups is 1. The third kappa shape index (κ3) is 5.40. The molecule has 0 unspecified atom stereocenters. The summed E-state index contributed by atoms with van der Waals surface area (Å²) in [6, 6.07) is 10.4. The standard InChI is InChI=1S/C22H24FN5O4/c23-18-5-2-1-4-16(18)20(30)25-15-6-7-17(19(29)14-15)21-26-27-22(32-21)24-8-3-9-28-10-12-31-13-11-28/h1-2,4-7,14,29H,3,8-13H2,(H,24,27)(H,25,30). The number of rotatable bonds is 8. The summed E-state index contributed by atoms with van der Waals surface area (Å²) in [6.07, 6.45) is 0.916. The van der Waals surface area contributed by atoms with E-state index in [1.807, 2.05) is 0 Å². The molecule has 3 N–H and O–H groups in total. The molecule has 0 bridgehead atoms. The Bertz CT molecular complexity index is 1070. The second-order valence-corrected chi connectivity index (χ2v) is 7.31. The molecule has 0 spiro atoms. The Morgan fingerprint density at radius 1 is 1.16 bits per heavy atom. The Morgan fingerprint density at radius 2 is 1.97 bits per heavy atom. The SMILES string of the molecule is O=C(Nc1ccc(-c2nnc(NCCCN3CCOCC3)o2)c(O)c1)c1ccccc1F. The summed E-state index contributed by atoms with van der Waals surface area (Å²) in [6.45, 7) is 5.07. The minimum Gasteiger partial charge on any atom is -0.507 e. The molecule has 0 saturated carbocycles. The highest BCUT2D eigenvalue weighted by atomic mass is 19.1. The zero-order valence-electron chi connectivity index (χ0n) is 17.4. The monoisotopic (exact) mass is 441 g/mol. The summed E-state index contributed by atoms with van der Waals surface area (Å²) < 4.78 is 24.7. The van der Waals surface area contributed by atoms with E-state index in [1.165, 1.54) is 24.3 Å². The van der Waals surface area contributed by atoms with Gasteiger partial charge in [-0.25, -0.2) is 4.39 Å². The van der Waals surface area contributed by atoms with Crippen LogP contribution in [0.2, 0.25) is 0 Å². The lowest BCUT2D eigenvalue weighted by Crippen LogP contribution is -2.37. The Morgan fingerprint density at radius 3 is 2.75 bits per heavy atom. The fourth-order valence-corrected chi connectivity index (χ4v) is 3.36. The quantitative estimate of drug-likeness (QED) is 0.458. The maximum absolute atomic E-state index is 13.8. The largest absolute Gasteiger partial charge is 0.507 e. The Balaban J connectivity index is 1.32. The third-order valence-electron chi connectivity index (χ3n) is 5.06. The molecule has 1 aromatic heterocycles. The predicted molar refractivity (Wildman–Crippen MR) is 116 cm³/mol. The predicted octanol–water partition coefficient (Wildman–Crippen LogP) is 2.97. The zero-order valence-corrected chi connectivity index (χ0v) is 17.4. The van der Waals surface area contributed by atoms with E-state index in [1.54, 1.807) is 18.2 Å². The van der Waals surface area contributed by atoms with Gasteiger partial charge in [0.15, 0.2) is 0 Å². The van der Waals surface area contributed by atoms with Crippen LogP contribution in [0.4, 0.5) is 16.1 Å². The highest BCUT2D eigenvalue weighted by molar-refractivity contribution is 6.04. The summed E-state index contributed by atoms with van der Waals surface area (Å²) >= 11 is 0. The molecular weight excluding hydrogens is 417 g/mol. The number of amides is 1. The molecular formula is C22H24FN5O4. The first-order chi connectivity index (χ1) is 15.6. The number of phenolic OH excluding ortho intramolecular Hbond substituents is 1. The smallest absolute Gasteiger partial charge is 0.315 e. The number of nitrogens with zero attached hydrogens (tertiary/aromatic N) is 3. The van der Waals surface area contributed by atoms with Crippen molar-refractivity contribution >= 4 is 17.6 Å². The molecule has 1 aliphatic heterocycles. The second kappa shape index (κ2) is 10.2. The number of hydrogen-bond donors (Lipinski definition) is 3. The van der Waals surface area contributed by atoms with Crippen molar-refractivity contribution in [1.82, 2.24) is 15.1 Å². The van der Waals surface area contributed by atoms with Crippen LogP contribution in [-0.4, -0.2) is 65.5 Å². The first kappa shape index (κ1) is 21.7. The Hall–Kier alpha value is -3.50. The van der Waals surface area contributed by atoms with Crippen molar-refractivity contribution in [2.24, 2.45) is 0 Å². The molecule has 0 atom stereocenters. The number of carbonyl (C=O) groups is 1. The molecule has 168 valence electrons. The van der Waals surface area contributed by atoms with E-state index in [4.69, 9.17) is 9.15 Å². The van der Waals surface area contributed by atoms with Crippen LogP contribution in [-0.2, 0) is 4.74 Å². The average molecular weight is 441 g/mol. The molecule has 32 heavy (non-hydrogen) atoms. The van der Waals surface area contributed by atoms with Crippen LogP contribution in [0.5, 0.6) is 5.75 Å². The maximum Gasteiger partial charge on any atom is 0.315 e. The van der Waals surface area contributed by atoms with E-state index in [2.05, 4.69) is 25.7 Å². The van der Waals surface area contributed by atoms with E-state index < -0.39 is 11.7 Å². The van der Waals surface area contributed by atoms with E-state index in [-0.39, 0.29) is 23.2 Å². The summed E-state index contributed by atoms with van der Waals surface area (Å²) in [5.74, 6) is -1.25. The van der Waals surface area contributed by atoms with Gasteiger partial charge in [-0.1, -0.05) is 17.2 Å². The highest BCUT2D eigenvalue weighted by Crippen LogP contribution is 2.31. The number of carbonyl (C=O) groups excluding carboxylic acids is 1. The highest BCUT2D eigenvalue weighted by Gasteiger charge is 2.16. The minimum absolute atomic E-state index is 0.0858. The van der Waals surface area contributed by atoms with Gasteiger partial charge in [0.05, 0.1) is 24.3 Å². The van der Waals surface area contributed by atoms with Crippen molar-refractivity contribution in [2.45, 2.75) is 6.42 Å². The molecule has 2 heterocycles. The van der Waals surface area contributed by atoms with Crippen molar-refractivity contribution in [3.63, 3.8) is 0 Å². The third-order valence-corrected chi connectivity index (χ3v) is 5.06. The Kier molecular flexibility index (Phi) is 6.93. The molecule has 0 aliphatic carbocycles. The van der Waals surface area contributed by atoms with Gasteiger partial charge in [-0.05, 0) is 37.2 Å². The average Bonchev–Trinajstić information content (AvgIpc) is 3.26. The van der Waals surface area contributed by atoms with E-state index in [9.17, 15) is 14.3 Å². The number of nitrogens with one attached hydrogen (secondary N) is 2. The number of anilines is 2. The van der Waals surface area contributed by atoms with E-state index in [0.29, 0.717) is 17.8 Å². The molecule has 3 aromatic rings. The van der Waals surface area contributed by atoms with Gasteiger partial charge in [-0.15, -0.1) is 5.10 Å². The van der Waals surface area contributed by atoms with Gasteiger partial charge in [-0.3, -0.25) is 9.69 Å². The molecule has 2 aromatic carbocycles. The zero-order chi connectivity index (χ0) is 22.3. The topological polar surface area (TPSA) is 113 Å². The molecule has 10 heteroatoms. The lowest BCUT2D eigenvalue weighted by molar-refractivity contribution is 0.0378.